The maximum Gasteiger partial charge on any atom is 0.387 e. The molecule has 0 atom stereocenters. The van der Waals surface area contributed by atoms with Crippen molar-refractivity contribution in [3.05, 3.63) is 47.5 Å². The molecule has 0 aliphatic rings. The third-order valence-corrected chi connectivity index (χ3v) is 4.10. The second kappa shape index (κ2) is 11.5. The van der Waals surface area contributed by atoms with E-state index in [1.165, 1.54) is 26.4 Å². The Bertz CT molecular complexity index is 992. The minimum absolute atomic E-state index is 0.0905. The van der Waals surface area contributed by atoms with Crippen LogP contribution in [-0.2, 0) is 9.53 Å². The van der Waals surface area contributed by atoms with E-state index in [9.17, 15) is 18.4 Å². The zero-order chi connectivity index (χ0) is 23.7. The molecule has 8 nitrogen and oxygen atoms in total. The highest BCUT2D eigenvalue weighted by Gasteiger charge is 2.20. The van der Waals surface area contributed by atoms with Crippen molar-refractivity contribution in [1.29, 1.82) is 0 Å². The van der Waals surface area contributed by atoms with Crippen molar-refractivity contribution in [3.63, 3.8) is 0 Å². The van der Waals surface area contributed by atoms with Crippen LogP contribution in [0.3, 0.4) is 0 Å². The first kappa shape index (κ1) is 24.4. The van der Waals surface area contributed by atoms with E-state index in [1.807, 2.05) is 6.92 Å². The van der Waals surface area contributed by atoms with Gasteiger partial charge in [0, 0.05) is 18.2 Å². The van der Waals surface area contributed by atoms with Crippen LogP contribution >= 0.6 is 0 Å². The molecular formula is C22H23F2NO7. The highest BCUT2D eigenvalue weighted by Crippen LogP contribution is 2.35. The van der Waals surface area contributed by atoms with Gasteiger partial charge < -0.3 is 29.0 Å². The summed E-state index contributed by atoms with van der Waals surface area (Å²) in [6.45, 7) is -0.821. The number of rotatable bonds is 10. The smallest absolute Gasteiger partial charge is 0.387 e. The highest BCUT2D eigenvalue weighted by molar-refractivity contribution is 6.07. The maximum atomic E-state index is 12.7. The molecule has 0 heterocycles. The summed E-state index contributed by atoms with van der Waals surface area (Å²) in [5.74, 6) is -0.861. The number of benzene rings is 2. The summed E-state index contributed by atoms with van der Waals surface area (Å²) in [7, 11) is 3.86. The number of carbonyl (C=O) groups excluding carboxylic acids is 2. The Morgan fingerprint density at radius 1 is 1.00 bits per heavy atom. The van der Waals surface area contributed by atoms with Crippen molar-refractivity contribution < 1.29 is 42.1 Å². The van der Waals surface area contributed by atoms with Crippen LogP contribution in [0.4, 0.5) is 14.5 Å². The summed E-state index contributed by atoms with van der Waals surface area (Å²) in [6.07, 6.45) is 2.71. The lowest BCUT2D eigenvalue weighted by molar-refractivity contribution is -0.111. The van der Waals surface area contributed by atoms with Crippen LogP contribution in [0.15, 0.2) is 36.4 Å². The Morgan fingerprint density at radius 2 is 1.69 bits per heavy atom. The first-order chi connectivity index (χ1) is 15.3. The lowest BCUT2D eigenvalue weighted by atomic mass is 10.1. The molecule has 2 aromatic rings. The summed E-state index contributed by atoms with van der Waals surface area (Å²) in [4.78, 5) is 24.5. The monoisotopic (exact) mass is 451 g/mol. The molecule has 0 spiro atoms. The SMILES string of the molecule is CCOc1ccc(/C=C/C(=O)Nc2cc(OC(F)F)c(OC)cc2C(=O)OC)cc1OC. The fraction of sp³-hybridized carbons (Fsp3) is 0.273. The molecular weight excluding hydrogens is 428 g/mol. The average molecular weight is 451 g/mol. The van der Waals surface area contributed by atoms with E-state index >= 15 is 0 Å². The fourth-order valence-corrected chi connectivity index (χ4v) is 2.70. The lowest BCUT2D eigenvalue weighted by Crippen LogP contribution is -2.14. The largest absolute Gasteiger partial charge is 0.493 e. The molecule has 0 aliphatic carbocycles. The highest BCUT2D eigenvalue weighted by atomic mass is 19.3. The zero-order valence-corrected chi connectivity index (χ0v) is 17.9. The van der Waals surface area contributed by atoms with Crippen LogP contribution in [0.25, 0.3) is 6.08 Å². The van der Waals surface area contributed by atoms with E-state index in [0.717, 1.165) is 19.2 Å². The summed E-state index contributed by atoms with van der Waals surface area (Å²) < 4.78 is 50.2. The van der Waals surface area contributed by atoms with Gasteiger partial charge in [0.25, 0.3) is 0 Å². The van der Waals surface area contributed by atoms with Crippen molar-refractivity contribution in [2.75, 3.05) is 33.3 Å². The summed E-state index contributed by atoms with van der Waals surface area (Å²) in [5, 5.41) is 2.46. The van der Waals surface area contributed by atoms with Gasteiger partial charge in [0.1, 0.15) is 0 Å². The van der Waals surface area contributed by atoms with Crippen LogP contribution in [-0.4, -0.2) is 46.4 Å². The van der Waals surface area contributed by atoms with E-state index < -0.39 is 18.5 Å². The number of methoxy groups -OCH3 is 3. The van der Waals surface area contributed by atoms with Gasteiger partial charge in [0.05, 0.1) is 39.2 Å². The zero-order valence-electron chi connectivity index (χ0n) is 17.9. The van der Waals surface area contributed by atoms with Gasteiger partial charge in [-0.05, 0) is 30.7 Å². The summed E-state index contributed by atoms with van der Waals surface area (Å²) in [5.41, 5.74) is 0.452. The summed E-state index contributed by atoms with van der Waals surface area (Å²) >= 11 is 0. The van der Waals surface area contributed by atoms with Gasteiger partial charge in [-0.15, -0.1) is 0 Å². The van der Waals surface area contributed by atoms with E-state index in [4.69, 9.17) is 14.2 Å². The number of amides is 1. The van der Waals surface area contributed by atoms with Gasteiger partial charge in [-0.25, -0.2) is 4.79 Å². The number of carbonyl (C=O) groups is 2. The molecule has 0 saturated carbocycles. The number of ether oxygens (including phenoxy) is 5. The van der Waals surface area contributed by atoms with Crippen LogP contribution < -0.4 is 24.3 Å². The van der Waals surface area contributed by atoms with Gasteiger partial charge in [0.2, 0.25) is 5.91 Å². The number of alkyl halides is 2. The average Bonchev–Trinajstić information content (AvgIpc) is 2.77. The quantitative estimate of drug-likeness (QED) is 0.429. The van der Waals surface area contributed by atoms with E-state index in [0.29, 0.717) is 23.7 Å². The van der Waals surface area contributed by atoms with Crippen molar-refractivity contribution in [1.82, 2.24) is 0 Å². The minimum Gasteiger partial charge on any atom is -0.493 e. The Hall–Kier alpha value is -3.82. The Balaban J connectivity index is 2.30. The molecule has 0 fully saturated rings. The number of halogens is 2. The molecule has 1 N–H and O–H groups in total. The van der Waals surface area contributed by atoms with Crippen molar-refractivity contribution in [2.45, 2.75) is 13.5 Å². The molecule has 32 heavy (non-hydrogen) atoms. The second-order valence-corrected chi connectivity index (χ2v) is 6.08. The second-order valence-electron chi connectivity index (χ2n) is 6.08. The first-order valence-electron chi connectivity index (χ1n) is 9.37. The Labute approximate surface area is 183 Å². The number of esters is 1. The number of anilines is 1. The molecule has 1 amide bonds. The van der Waals surface area contributed by atoms with E-state index in [2.05, 4.69) is 14.8 Å². The van der Waals surface area contributed by atoms with Crippen LogP contribution in [0, 0.1) is 0 Å². The van der Waals surface area contributed by atoms with E-state index in [1.54, 1.807) is 18.2 Å². The fourth-order valence-electron chi connectivity index (χ4n) is 2.70. The number of nitrogens with one attached hydrogen (secondary N) is 1. The number of hydrogen-bond donors (Lipinski definition) is 1. The predicted molar refractivity (Wildman–Crippen MR) is 113 cm³/mol. The van der Waals surface area contributed by atoms with Crippen molar-refractivity contribution in [2.24, 2.45) is 0 Å². The summed E-state index contributed by atoms with van der Waals surface area (Å²) in [6, 6.07) is 7.30. The molecule has 10 heteroatoms. The molecule has 0 saturated heterocycles. The molecule has 2 rings (SSSR count). The molecule has 0 radical (unpaired) electrons. The molecule has 0 aromatic heterocycles. The van der Waals surface area contributed by atoms with Gasteiger partial charge in [-0.2, -0.15) is 8.78 Å². The number of hydrogen-bond acceptors (Lipinski definition) is 7. The Morgan fingerprint density at radius 3 is 2.28 bits per heavy atom. The molecule has 0 unspecified atom stereocenters. The van der Waals surface area contributed by atoms with Crippen molar-refractivity contribution >= 4 is 23.6 Å². The third kappa shape index (κ3) is 6.34. The van der Waals surface area contributed by atoms with Gasteiger partial charge in [-0.1, -0.05) is 6.07 Å². The van der Waals surface area contributed by atoms with Gasteiger partial charge in [0.15, 0.2) is 23.0 Å². The van der Waals surface area contributed by atoms with Crippen LogP contribution in [0.1, 0.15) is 22.8 Å². The Kier molecular flexibility index (Phi) is 8.82. The van der Waals surface area contributed by atoms with Gasteiger partial charge in [-0.3, -0.25) is 4.79 Å². The van der Waals surface area contributed by atoms with Crippen LogP contribution in [0.2, 0.25) is 0 Å². The standard InChI is InChI=1S/C22H23F2NO7/c1-5-31-16-8-6-13(10-17(16)28-2)7-9-20(26)25-15-12-19(32-22(23)24)18(29-3)11-14(15)21(27)30-4/h6-12,22H,5H2,1-4H3,(H,25,26)/b9-7+. The first-order valence-corrected chi connectivity index (χ1v) is 9.37. The van der Waals surface area contributed by atoms with Crippen molar-refractivity contribution in [3.8, 4) is 23.0 Å². The van der Waals surface area contributed by atoms with E-state index in [-0.39, 0.29) is 22.7 Å². The molecule has 2 aromatic carbocycles. The topological polar surface area (TPSA) is 92.3 Å². The molecule has 0 bridgehead atoms. The normalized spacial score (nSPS) is 10.7. The van der Waals surface area contributed by atoms with Crippen LogP contribution in [0.5, 0.6) is 23.0 Å². The molecule has 172 valence electrons. The third-order valence-electron chi connectivity index (χ3n) is 4.10. The van der Waals surface area contributed by atoms with Gasteiger partial charge >= 0.3 is 12.6 Å². The molecule has 0 aliphatic heterocycles. The minimum atomic E-state index is -3.13. The maximum absolute atomic E-state index is 12.7. The lowest BCUT2D eigenvalue weighted by Gasteiger charge is -2.15. The predicted octanol–water partition coefficient (Wildman–Crippen LogP) is 4.14.